The molecule has 0 radical (unpaired) electrons. The molecule has 0 aliphatic rings. The van der Waals surface area contributed by atoms with Crippen molar-refractivity contribution in [3.05, 3.63) is 71.7 Å². The van der Waals surface area contributed by atoms with Crippen LogP contribution in [0.2, 0.25) is 0 Å². The van der Waals surface area contributed by atoms with Crippen LogP contribution in [0.3, 0.4) is 0 Å². The predicted octanol–water partition coefficient (Wildman–Crippen LogP) is 5.09. The molecule has 3 rings (SSSR count). The minimum absolute atomic E-state index is 0.237. The van der Waals surface area contributed by atoms with Crippen LogP contribution in [0.5, 0.6) is 0 Å². The molecule has 1 nitrogen and oxygen atoms in total. The number of hydrogen-bond acceptors (Lipinski definition) is 1. The Morgan fingerprint density at radius 1 is 1.05 bits per heavy atom. The highest BCUT2D eigenvalue weighted by atomic mass is 35.5. The lowest BCUT2D eigenvalue weighted by Gasteiger charge is -2.06. The van der Waals surface area contributed by atoms with Gasteiger partial charge in [0.1, 0.15) is 17.2 Å². The van der Waals surface area contributed by atoms with Crippen molar-refractivity contribution < 1.29 is 8.81 Å². The van der Waals surface area contributed by atoms with Crippen molar-refractivity contribution in [1.82, 2.24) is 0 Å². The van der Waals surface area contributed by atoms with Crippen molar-refractivity contribution in [3.8, 4) is 0 Å². The molecule has 0 saturated carbocycles. The lowest BCUT2D eigenvalue weighted by Crippen LogP contribution is -1.94. The maximum absolute atomic E-state index is 12.8. The van der Waals surface area contributed by atoms with Crippen LogP contribution in [0, 0.1) is 5.82 Å². The zero-order chi connectivity index (χ0) is 13.2. The lowest BCUT2D eigenvalue weighted by atomic mass is 10.1. The van der Waals surface area contributed by atoms with E-state index in [1.807, 2.05) is 30.3 Å². The highest BCUT2D eigenvalue weighted by Gasteiger charge is 2.14. The molecule has 0 bridgehead atoms. The first-order chi connectivity index (χ1) is 9.22. The summed E-state index contributed by atoms with van der Waals surface area (Å²) >= 11 is 6.36. The SMILES string of the molecule is Fc1ccc(CC(Cl)c2cc3ccccc3o2)cc1. The number of hydrogen-bond donors (Lipinski definition) is 0. The summed E-state index contributed by atoms with van der Waals surface area (Å²) in [5.74, 6) is 0.505. The molecule has 19 heavy (non-hydrogen) atoms. The quantitative estimate of drug-likeness (QED) is 0.606. The van der Waals surface area contributed by atoms with E-state index in [0.29, 0.717) is 6.42 Å². The Hall–Kier alpha value is -1.80. The first-order valence-corrected chi connectivity index (χ1v) is 6.53. The van der Waals surface area contributed by atoms with Gasteiger partial charge in [-0.15, -0.1) is 11.6 Å². The molecule has 2 aromatic carbocycles. The highest BCUT2D eigenvalue weighted by Crippen LogP contribution is 2.30. The van der Waals surface area contributed by atoms with E-state index in [9.17, 15) is 4.39 Å². The van der Waals surface area contributed by atoms with Crippen LogP contribution in [0.25, 0.3) is 11.0 Å². The fraction of sp³-hybridized carbons (Fsp3) is 0.125. The smallest absolute Gasteiger partial charge is 0.134 e. The molecule has 3 heteroatoms. The van der Waals surface area contributed by atoms with Crippen LogP contribution in [0.1, 0.15) is 16.7 Å². The zero-order valence-electron chi connectivity index (χ0n) is 10.1. The molecule has 0 aliphatic carbocycles. The monoisotopic (exact) mass is 274 g/mol. The summed E-state index contributed by atoms with van der Waals surface area (Å²) in [5.41, 5.74) is 1.82. The summed E-state index contributed by atoms with van der Waals surface area (Å²) in [6.07, 6.45) is 0.613. The second kappa shape index (κ2) is 5.06. The van der Waals surface area contributed by atoms with Crippen molar-refractivity contribution in [2.24, 2.45) is 0 Å². The Balaban J connectivity index is 1.83. The Labute approximate surface area is 115 Å². The van der Waals surface area contributed by atoms with Crippen molar-refractivity contribution in [1.29, 1.82) is 0 Å². The summed E-state index contributed by atoms with van der Waals surface area (Å²) in [7, 11) is 0. The van der Waals surface area contributed by atoms with Crippen LogP contribution in [0.15, 0.2) is 59.0 Å². The average Bonchev–Trinajstić information content (AvgIpc) is 2.85. The van der Waals surface area contributed by atoms with Crippen molar-refractivity contribution in [3.63, 3.8) is 0 Å². The van der Waals surface area contributed by atoms with Gasteiger partial charge in [0.25, 0.3) is 0 Å². The fourth-order valence-corrected chi connectivity index (χ4v) is 2.37. The largest absolute Gasteiger partial charge is 0.459 e. The molecule has 1 atom stereocenters. The summed E-state index contributed by atoms with van der Waals surface area (Å²) in [6.45, 7) is 0. The van der Waals surface area contributed by atoms with Gasteiger partial charge >= 0.3 is 0 Å². The van der Waals surface area contributed by atoms with Gasteiger partial charge < -0.3 is 4.42 Å². The molecule has 1 aromatic heterocycles. The number of halogens is 2. The maximum Gasteiger partial charge on any atom is 0.134 e. The Bertz CT molecular complexity index is 654. The van der Waals surface area contributed by atoms with E-state index in [4.69, 9.17) is 16.0 Å². The first kappa shape index (κ1) is 12.2. The van der Waals surface area contributed by atoms with Gasteiger partial charge in [-0.05, 0) is 36.2 Å². The minimum atomic E-state index is -0.252. The minimum Gasteiger partial charge on any atom is -0.459 e. The fourth-order valence-electron chi connectivity index (χ4n) is 2.08. The number of alkyl halides is 1. The zero-order valence-corrected chi connectivity index (χ0v) is 10.9. The van der Waals surface area contributed by atoms with Gasteiger partial charge in [-0.3, -0.25) is 0 Å². The van der Waals surface area contributed by atoms with Gasteiger partial charge in [-0.2, -0.15) is 0 Å². The third-order valence-corrected chi connectivity index (χ3v) is 3.45. The molecule has 1 heterocycles. The number of furan rings is 1. The van der Waals surface area contributed by atoms with Gasteiger partial charge in [0, 0.05) is 5.39 Å². The highest BCUT2D eigenvalue weighted by molar-refractivity contribution is 6.20. The second-order valence-electron chi connectivity index (χ2n) is 4.48. The molecule has 0 spiro atoms. The second-order valence-corrected chi connectivity index (χ2v) is 5.01. The van der Waals surface area contributed by atoms with Gasteiger partial charge in [-0.1, -0.05) is 30.3 Å². The number of para-hydroxylation sites is 1. The number of rotatable bonds is 3. The van der Waals surface area contributed by atoms with Gasteiger partial charge in [0.2, 0.25) is 0 Å². The molecule has 96 valence electrons. The Kier molecular flexibility index (Phi) is 3.26. The summed E-state index contributed by atoms with van der Waals surface area (Å²) in [4.78, 5) is 0. The topological polar surface area (TPSA) is 13.1 Å². The standard InChI is InChI=1S/C16H12ClFO/c17-14(9-11-5-7-13(18)8-6-11)16-10-12-3-1-2-4-15(12)19-16/h1-8,10,14H,9H2. The van der Waals surface area contributed by atoms with Gasteiger partial charge in [-0.25, -0.2) is 4.39 Å². The molecular formula is C16H12ClFO. The van der Waals surface area contributed by atoms with Crippen molar-refractivity contribution in [2.75, 3.05) is 0 Å². The Morgan fingerprint density at radius 3 is 2.53 bits per heavy atom. The molecular weight excluding hydrogens is 263 g/mol. The third-order valence-electron chi connectivity index (χ3n) is 3.08. The summed E-state index contributed by atoms with van der Waals surface area (Å²) in [6, 6.07) is 16.1. The van der Waals surface area contributed by atoms with E-state index in [2.05, 4.69) is 0 Å². The number of benzene rings is 2. The van der Waals surface area contributed by atoms with E-state index in [1.54, 1.807) is 12.1 Å². The van der Waals surface area contributed by atoms with Crippen LogP contribution < -0.4 is 0 Å². The molecule has 1 unspecified atom stereocenters. The Morgan fingerprint density at radius 2 is 1.79 bits per heavy atom. The molecule has 3 aromatic rings. The normalized spacial score (nSPS) is 12.7. The van der Waals surface area contributed by atoms with Crippen LogP contribution in [-0.2, 0) is 6.42 Å². The summed E-state index contributed by atoms with van der Waals surface area (Å²) in [5, 5.41) is 0.792. The average molecular weight is 275 g/mol. The first-order valence-electron chi connectivity index (χ1n) is 6.09. The van der Waals surface area contributed by atoms with Gasteiger partial charge in [0.05, 0.1) is 5.38 Å². The van der Waals surface area contributed by atoms with Gasteiger partial charge in [0.15, 0.2) is 0 Å². The number of fused-ring (bicyclic) bond motifs is 1. The van der Waals surface area contributed by atoms with Crippen molar-refractivity contribution >= 4 is 22.6 Å². The molecule has 0 aliphatic heterocycles. The molecule has 0 saturated heterocycles. The van der Waals surface area contributed by atoms with E-state index < -0.39 is 0 Å². The maximum atomic E-state index is 12.8. The van der Waals surface area contributed by atoms with E-state index in [0.717, 1.165) is 22.3 Å². The molecule has 0 fully saturated rings. The van der Waals surface area contributed by atoms with E-state index >= 15 is 0 Å². The van der Waals surface area contributed by atoms with E-state index in [1.165, 1.54) is 12.1 Å². The van der Waals surface area contributed by atoms with Crippen LogP contribution >= 0.6 is 11.6 Å². The third kappa shape index (κ3) is 2.64. The molecule has 0 amide bonds. The van der Waals surface area contributed by atoms with E-state index in [-0.39, 0.29) is 11.2 Å². The lowest BCUT2D eigenvalue weighted by molar-refractivity contribution is 0.540. The van der Waals surface area contributed by atoms with Crippen molar-refractivity contribution in [2.45, 2.75) is 11.8 Å². The molecule has 0 N–H and O–H groups in total. The summed E-state index contributed by atoms with van der Waals surface area (Å²) < 4.78 is 18.6. The van der Waals surface area contributed by atoms with Crippen LogP contribution in [0.4, 0.5) is 4.39 Å². The van der Waals surface area contributed by atoms with Crippen LogP contribution in [-0.4, -0.2) is 0 Å². The predicted molar refractivity (Wildman–Crippen MR) is 74.9 cm³/mol.